The Morgan fingerprint density at radius 3 is 2.00 bits per heavy atom. The van der Waals surface area contributed by atoms with Crippen LogP contribution in [0.25, 0.3) is 0 Å². The first-order valence-corrected chi connectivity index (χ1v) is 23.1. The molecule has 9 amide bonds. The molecular weight excluding hydrogens is 827 g/mol. The number of carbonyl (C=O) groups excluding carboxylic acids is 8. The van der Waals surface area contributed by atoms with Crippen molar-refractivity contribution in [3.05, 3.63) is 0 Å². The minimum atomic E-state index is -1.21. The molecule has 0 unspecified atom stereocenters. The Labute approximate surface area is 367 Å². The number of carboxylic acid groups (broad SMARTS) is 1. The van der Waals surface area contributed by atoms with Crippen LogP contribution < -0.4 is 42.5 Å². The first-order valence-electron chi connectivity index (χ1n) is 22.1. The maximum absolute atomic E-state index is 13.3. The highest BCUT2D eigenvalue weighted by molar-refractivity contribution is 8.00. The van der Waals surface area contributed by atoms with Crippen molar-refractivity contribution < 1.29 is 53.0 Å². The number of rotatable bonds is 27. The molecule has 0 saturated carbocycles. The molecule has 20 nitrogen and oxygen atoms in total. The van der Waals surface area contributed by atoms with E-state index in [-0.39, 0.29) is 67.7 Å². The summed E-state index contributed by atoms with van der Waals surface area (Å²) in [6.45, 7) is 7.96. The molecule has 0 spiro atoms. The minimum Gasteiger partial charge on any atom is -0.480 e. The standard InChI is InChI=1S/C41H67N9O11S/c1-23(2)18-25(46-37(55)34-35(61-34)38(56)47-26(19-24(3)4)39(57)50-17-11-12-28(50)40(58)59)36(54)45-21-32(53)44-20-31(52)43-16-10-6-5-9-15-42-30(51)14-8-7-13-29-33-27(22-62-29)48-41(60)49-33/h23-29,33-35H,5-22H2,1-4H3,(H,42,51)(H,43,52)(H,44,53)(H,45,54)(H,46,55)(H,47,56)(H,58,59)(H2,48,49,60)/t25-,26-,27+,28-,29+,33+,34-,35-/m0/s1. The second-order valence-electron chi connectivity index (χ2n) is 17.4. The van der Waals surface area contributed by atoms with Crippen LogP contribution in [0, 0.1) is 11.8 Å². The van der Waals surface area contributed by atoms with E-state index >= 15 is 0 Å². The van der Waals surface area contributed by atoms with Crippen LogP contribution in [-0.2, 0) is 43.1 Å². The normalized spacial score (nSPS) is 23.4. The molecule has 0 bridgehead atoms. The highest BCUT2D eigenvalue weighted by Gasteiger charge is 2.52. The lowest BCUT2D eigenvalue weighted by molar-refractivity contribution is -0.149. The largest absolute Gasteiger partial charge is 0.480 e. The van der Waals surface area contributed by atoms with Crippen LogP contribution in [0.4, 0.5) is 4.79 Å². The lowest BCUT2D eigenvalue weighted by Crippen LogP contribution is -2.53. The number of epoxide rings is 1. The van der Waals surface area contributed by atoms with Crippen molar-refractivity contribution in [2.24, 2.45) is 11.8 Å². The quantitative estimate of drug-likeness (QED) is 0.0291. The first-order chi connectivity index (χ1) is 29.5. The monoisotopic (exact) mass is 893 g/mol. The van der Waals surface area contributed by atoms with E-state index in [4.69, 9.17) is 4.74 Å². The third-order valence-electron chi connectivity index (χ3n) is 11.2. The number of ether oxygens (including phenoxy) is 1. The van der Waals surface area contributed by atoms with E-state index in [9.17, 15) is 48.3 Å². The molecule has 8 atom stereocenters. The van der Waals surface area contributed by atoms with Crippen molar-refractivity contribution in [2.75, 3.05) is 38.5 Å². The van der Waals surface area contributed by atoms with Gasteiger partial charge in [-0.15, -0.1) is 0 Å². The molecule has 4 rings (SSSR count). The fourth-order valence-corrected chi connectivity index (χ4v) is 9.46. The summed E-state index contributed by atoms with van der Waals surface area (Å²) in [4.78, 5) is 114. The van der Waals surface area contributed by atoms with E-state index in [1.54, 1.807) is 0 Å². The number of thioether (sulfide) groups is 1. The van der Waals surface area contributed by atoms with Crippen LogP contribution in [0.5, 0.6) is 0 Å². The zero-order valence-corrected chi connectivity index (χ0v) is 37.2. The smallest absolute Gasteiger partial charge is 0.326 e. The topological polar surface area (TPSA) is 286 Å². The zero-order valence-electron chi connectivity index (χ0n) is 36.4. The van der Waals surface area contributed by atoms with Gasteiger partial charge in [-0.05, 0) is 63.2 Å². The lowest BCUT2D eigenvalue weighted by atomic mass is 10.0. The van der Waals surface area contributed by atoms with E-state index in [1.807, 2.05) is 39.5 Å². The summed E-state index contributed by atoms with van der Waals surface area (Å²) in [7, 11) is 0. The molecule has 4 aliphatic heterocycles. The number of urea groups is 1. The number of likely N-dealkylation sites (tertiary alicyclic amines) is 1. The number of carbonyl (C=O) groups is 9. The highest BCUT2D eigenvalue weighted by Crippen LogP contribution is 2.33. The van der Waals surface area contributed by atoms with Crippen molar-refractivity contribution in [1.82, 2.24) is 47.4 Å². The van der Waals surface area contributed by atoms with Gasteiger partial charge >= 0.3 is 12.0 Å². The Balaban J connectivity index is 1.03. The van der Waals surface area contributed by atoms with Crippen molar-refractivity contribution in [1.29, 1.82) is 0 Å². The van der Waals surface area contributed by atoms with Crippen LogP contribution in [0.15, 0.2) is 0 Å². The van der Waals surface area contributed by atoms with Crippen LogP contribution in [-0.4, -0.2) is 150 Å². The van der Waals surface area contributed by atoms with Crippen molar-refractivity contribution >= 4 is 65.1 Å². The number of aliphatic carboxylic acids is 1. The van der Waals surface area contributed by atoms with Crippen LogP contribution in [0.1, 0.15) is 105 Å². The summed E-state index contributed by atoms with van der Waals surface area (Å²) in [6.07, 6.45) is 5.40. The van der Waals surface area contributed by atoms with Gasteiger partial charge in [-0.3, -0.25) is 33.6 Å². The first kappa shape index (κ1) is 50.0. The number of nitrogens with zero attached hydrogens (tertiary/aromatic N) is 1. The Bertz CT molecular complexity index is 1620. The third-order valence-corrected chi connectivity index (χ3v) is 12.7. The molecule has 0 aromatic heterocycles. The van der Waals surface area contributed by atoms with Gasteiger partial charge in [0.15, 0.2) is 12.2 Å². The van der Waals surface area contributed by atoms with Gasteiger partial charge in [0.25, 0.3) is 11.8 Å². The van der Waals surface area contributed by atoms with Gasteiger partial charge in [0.05, 0.1) is 25.2 Å². The lowest BCUT2D eigenvalue weighted by Gasteiger charge is -2.28. The fraction of sp³-hybridized carbons (Fsp3) is 0.780. The van der Waals surface area contributed by atoms with Gasteiger partial charge in [-0.1, -0.05) is 47.0 Å². The van der Waals surface area contributed by atoms with Gasteiger partial charge in [-0.2, -0.15) is 11.8 Å². The van der Waals surface area contributed by atoms with E-state index in [2.05, 4.69) is 42.5 Å². The van der Waals surface area contributed by atoms with Crippen LogP contribution in [0.3, 0.4) is 0 Å². The summed E-state index contributed by atoms with van der Waals surface area (Å²) in [5.74, 6) is -3.74. The molecule has 4 fully saturated rings. The average molecular weight is 894 g/mol. The average Bonchev–Trinajstić information content (AvgIpc) is 3.48. The van der Waals surface area contributed by atoms with E-state index < -0.39 is 72.4 Å². The Hall–Kier alpha value is -4.66. The molecule has 0 aromatic rings. The van der Waals surface area contributed by atoms with Crippen molar-refractivity contribution in [3.63, 3.8) is 0 Å². The molecule has 62 heavy (non-hydrogen) atoms. The van der Waals surface area contributed by atoms with E-state index in [0.717, 1.165) is 50.7 Å². The molecule has 0 aromatic carbocycles. The third kappa shape index (κ3) is 16.2. The van der Waals surface area contributed by atoms with Crippen molar-refractivity contribution in [3.8, 4) is 0 Å². The highest BCUT2D eigenvalue weighted by atomic mass is 32.2. The molecular formula is C41H67N9O11S. The summed E-state index contributed by atoms with van der Waals surface area (Å²) in [5.41, 5.74) is 0. The van der Waals surface area contributed by atoms with Gasteiger partial charge in [0.1, 0.15) is 18.1 Å². The van der Waals surface area contributed by atoms with E-state index in [0.29, 0.717) is 37.6 Å². The zero-order chi connectivity index (χ0) is 45.3. The Morgan fingerprint density at radius 2 is 1.35 bits per heavy atom. The summed E-state index contributed by atoms with van der Waals surface area (Å²) >= 11 is 1.87. The number of hydrogen-bond donors (Lipinski definition) is 9. The molecule has 4 saturated heterocycles. The number of unbranched alkanes of at least 4 members (excludes halogenated alkanes) is 4. The van der Waals surface area contributed by atoms with Gasteiger partial charge in [0.2, 0.25) is 29.5 Å². The number of hydrogen-bond acceptors (Lipinski definition) is 11. The second-order valence-corrected chi connectivity index (χ2v) is 18.6. The molecule has 4 aliphatic rings. The number of fused-ring (bicyclic) bond motifs is 1. The molecule has 21 heteroatoms. The number of nitrogens with one attached hydrogen (secondary N) is 8. The maximum atomic E-state index is 13.3. The SMILES string of the molecule is CC(C)C[C@H](NC(=O)[C@H]1O[C@@H]1C(=O)N[C@@H](CC(C)C)C(=O)N1CCC[C@H]1C(=O)O)C(=O)NCC(=O)NCC(=O)NCCCCCCNC(=O)CCCC[C@H]1SC[C@H]2NC(=O)N[C@H]21. The molecule has 0 aliphatic carbocycles. The second kappa shape index (κ2) is 24.8. The van der Waals surface area contributed by atoms with Crippen molar-refractivity contribution in [2.45, 2.75) is 152 Å². The fourth-order valence-electron chi connectivity index (χ4n) is 7.92. The predicted octanol–water partition coefficient (Wildman–Crippen LogP) is -0.358. The van der Waals surface area contributed by atoms with Crippen LogP contribution in [0.2, 0.25) is 0 Å². The molecule has 348 valence electrons. The van der Waals surface area contributed by atoms with Crippen LogP contribution >= 0.6 is 11.8 Å². The van der Waals surface area contributed by atoms with Gasteiger partial charge in [-0.25, -0.2) is 9.59 Å². The molecule has 0 radical (unpaired) electrons. The van der Waals surface area contributed by atoms with E-state index in [1.165, 1.54) is 4.90 Å². The molecule has 9 N–H and O–H groups in total. The summed E-state index contributed by atoms with van der Waals surface area (Å²) < 4.78 is 5.35. The van der Waals surface area contributed by atoms with Gasteiger partial charge in [0, 0.05) is 37.1 Å². The number of carboxylic acids is 1. The summed E-state index contributed by atoms with van der Waals surface area (Å²) in [6, 6.07) is -2.72. The Kier molecular flexibility index (Phi) is 20.0. The summed E-state index contributed by atoms with van der Waals surface area (Å²) in [5, 5.41) is 31.7. The predicted molar refractivity (Wildman–Crippen MR) is 228 cm³/mol. The molecule has 4 heterocycles. The van der Waals surface area contributed by atoms with Gasteiger partial charge < -0.3 is 57.3 Å². The minimum absolute atomic E-state index is 0.00920. The number of amides is 9. The Morgan fingerprint density at radius 1 is 0.758 bits per heavy atom. The maximum Gasteiger partial charge on any atom is 0.326 e.